The van der Waals surface area contributed by atoms with Crippen molar-refractivity contribution < 1.29 is 9.84 Å². The Hall–Kier alpha value is -0.780. The number of rotatable bonds is 3. The molecule has 2 rings (SSSR count). The molecule has 0 aliphatic carbocycles. The highest BCUT2D eigenvalue weighted by Crippen LogP contribution is 2.43. The number of ether oxygens (including phenoxy) is 1. The lowest BCUT2D eigenvalue weighted by molar-refractivity contribution is 0.0859. The minimum absolute atomic E-state index is 0.0960. The fourth-order valence-electron chi connectivity index (χ4n) is 3.11. The molecule has 5 heteroatoms. The molecule has 1 heterocycles. The first-order valence-corrected chi connectivity index (χ1v) is 8.15. The van der Waals surface area contributed by atoms with E-state index in [-0.39, 0.29) is 17.2 Å². The summed E-state index contributed by atoms with van der Waals surface area (Å²) in [5.74, 6) is 0.679. The van der Waals surface area contributed by atoms with Gasteiger partial charge in [0.05, 0.1) is 11.6 Å². The number of hydrogen-bond donors (Lipinski definition) is 2. The Morgan fingerprint density at radius 1 is 1.29 bits per heavy atom. The quantitative estimate of drug-likeness (QED) is 0.872. The van der Waals surface area contributed by atoms with Gasteiger partial charge >= 0.3 is 0 Å². The monoisotopic (exact) mass is 356 g/mol. The van der Waals surface area contributed by atoms with Crippen molar-refractivity contribution in [3.05, 3.63) is 22.2 Å². The standard InChI is InChI=1S/C16H25BrN2O2/c1-16(2,3)15(19-7-5-18-6-8-19)11-9-12(17)14(20)13(10-11)21-4/h9-10,15,18,20H,5-8H2,1-4H3/t15-/m1/s1. The van der Waals surface area contributed by atoms with Crippen LogP contribution in [-0.4, -0.2) is 43.3 Å². The third-order valence-electron chi connectivity index (χ3n) is 3.92. The van der Waals surface area contributed by atoms with Gasteiger partial charge in [-0.25, -0.2) is 0 Å². The van der Waals surface area contributed by atoms with Crippen molar-refractivity contribution >= 4 is 15.9 Å². The molecule has 0 radical (unpaired) electrons. The van der Waals surface area contributed by atoms with Crippen LogP contribution in [0.1, 0.15) is 32.4 Å². The largest absolute Gasteiger partial charge is 0.503 e. The zero-order valence-corrected chi connectivity index (χ0v) is 14.8. The highest BCUT2D eigenvalue weighted by molar-refractivity contribution is 9.10. The fourth-order valence-corrected chi connectivity index (χ4v) is 3.57. The van der Waals surface area contributed by atoms with E-state index < -0.39 is 0 Å². The van der Waals surface area contributed by atoms with Gasteiger partial charge in [-0.1, -0.05) is 20.8 Å². The fraction of sp³-hybridized carbons (Fsp3) is 0.625. The first-order chi connectivity index (χ1) is 9.84. The molecule has 4 nitrogen and oxygen atoms in total. The van der Waals surface area contributed by atoms with E-state index in [4.69, 9.17) is 4.74 Å². The van der Waals surface area contributed by atoms with Crippen molar-refractivity contribution in [3.8, 4) is 11.5 Å². The Kier molecular flexibility index (Phi) is 5.17. The van der Waals surface area contributed by atoms with Crippen LogP contribution in [0.15, 0.2) is 16.6 Å². The zero-order valence-electron chi connectivity index (χ0n) is 13.2. The number of benzene rings is 1. The van der Waals surface area contributed by atoms with Crippen molar-refractivity contribution in [1.29, 1.82) is 0 Å². The molecule has 1 aliphatic heterocycles. The minimum Gasteiger partial charge on any atom is -0.503 e. The number of halogens is 1. The molecule has 0 aromatic heterocycles. The van der Waals surface area contributed by atoms with E-state index in [1.54, 1.807) is 7.11 Å². The lowest BCUT2D eigenvalue weighted by atomic mass is 9.81. The third-order valence-corrected chi connectivity index (χ3v) is 4.53. The molecule has 0 bridgehead atoms. The maximum atomic E-state index is 10.0. The summed E-state index contributed by atoms with van der Waals surface area (Å²) in [6.45, 7) is 10.9. The molecule has 1 fully saturated rings. The molecule has 1 aromatic rings. The van der Waals surface area contributed by atoms with E-state index >= 15 is 0 Å². The first kappa shape index (κ1) is 16.6. The molecule has 0 amide bonds. The Morgan fingerprint density at radius 2 is 1.90 bits per heavy atom. The highest BCUT2D eigenvalue weighted by atomic mass is 79.9. The van der Waals surface area contributed by atoms with Gasteiger partial charge in [-0.3, -0.25) is 4.90 Å². The Labute approximate surface area is 135 Å². The summed E-state index contributed by atoms with van der Waals surface area (Å²) in [6.07, 6.45) is 0. The van der Waals surface area contributed by atoms with E-state index in [9.17, 15) is 5.11 Å². The molecular formula is C16H25BrN2O2. The molecule has 118 valence electrons. The SMILES string of the molecule is COc1cc([C@@H](N2CCNCC2)C(C)(C)C)cc(Br)c1O. The van der Waals surface area contributed by atoms with Crippen molar-refractivity contribution in [2.45, 2.75) is 26.8 Å². The number of aromatic hydroxyl groups is 1. The Morgan fingerprint density at radius 3 is 2.43 bits per heavy atom. The van der Waals surface area contributed by atoms with Gasteiger partial charge in [0.1, 0.15) is 0 Å². The second-order valence-electron chi connectivity index (χ2n) is 6.61. The second kappa shape index (κ2) is 6.55. The maximum absolute atomic E-state index is 10.0. The average molecular weight is 357 g/mol. The molecule has 1 saturated heterocycles. The number of phenolic OH excluding ortho intramolecular Hbond substituents is 1. The summed E-state index contributed by atoms with van der Waals surface area (Å²) in [6, 6.07) is 4.25. The van der Waals surface area contributed by atoms with Crippen LogP contribution in [0.5, 0.6) is 11.5 Å². The van der Waals surface area contributed by atoms with E-state index in [0.29, 0.717) is 10.2 Å². The number of nitrogens with one attached hydrogen (secondary N) is 1. The van der Waals surface area contributed by atoms with Crippen LogP contribution < -0.4 is 10.1 Å². The van der Waals surface area contributed by atoms with Crippen LogP contribution in [0.25, 0.3) is 0 Å². The molecular weight excluding hydrogens is 332 g/mol. The van der Waals surface area contributed by atoms with E-state index in [2.05, 4.69) is 46.9 Å². The van der Waals surface area contributed by atoms with Crippen LogP contribution in [0.2, 0.25) is 0 Å². The topological polar surface area (TPSA) is 44.7 Å². The van der Waals surface area contributed by atoms with Gasteiger partial charge in [0, 0.05) is 32.2 Å². The summed E-state index contributed by atoms with van der Waals surface area (Å²) in [5, 5.41) is 13.4. The molecule has 0 spiro atoms. The van der Waals surface area contributed by atoms with E-state index in [1.165, 1.54) is 5.56 Å². The summed E-state index contributed by atoms with van der Waals surface area (Å²) in [4.78, 5) is 2.51. The minimum atomic E-state index is 0.0960. The molecule has 1 atom stereocenters. The van der Waals surface area contributed by atoms with Crippen LogP contribution in [0.4, 0.5) is 0 Å². The number of phenols is 1. The van der Waals surface area contributed by atoms with Crippen molar-refractivity contribution in [2.24, 2.45) is 5.41 Å². The van der Waals surface area contributed by atoms with Crippen LogP contribution >= 0.6 is 15.9 Å². The van der Waals surface area contributed by atoms with Gasteiger partial charge < -0.3 is 15.2 Å². The second-order valence-corrected chi connectivity index (χ2v) is 7.46. The van der Waals surface area contributed by atoms with Crippen LogP contribution in [-0.2, 0) is 0 Å². The van der Waals surface area contributed by atoms with Crippen LogP contribution in [0.3, 0.4) is 0 Å². The van der Waals surface area contributed by atoms with Gasteiger partial charge in [0.2, 0.25) is 0 Å². The zero-order chi connectivity index (χ0) is 15.6. The van der Waals surface area contributed by atoms with Crippen LogP contribution in [0, 0.1) is 5.41 Å². The lowest BCUT2D eigenvalue weighted by Crippen LogP contribution is -2.48. The van der Waals surface area contributed by atoms with Crippen molar-refractivity contribution in [2.75, 3.05) is 33.3 Å². The Balaban J connectivity index is 2.43. The molecule has 21 heavy (non-hydrogen) atoms. The predicted octanol–water partition coefficient (Wildman–Crippen LogP) is 3.16. The molecule has 1 aliphatic rings. The van der Waals surface area contributed by atoms with Crippen molar-refractivity contribution in [1.82, 2.24) is 10.2 Å². The number of methoxy groups -OCH3 is 1. The summed E-state index contributed by atoms with van der Waals surface area (Å²) in [7, 11) is 1.59. The molecule has 2 N–H and O–H groups in total. The molecule has 0 saturated carbocycles. The van der Waals surface area contributed by atoms with E-state index in [0.717, 1.165) is 26.2 Å². The van der Waals surface area contributed by atoms with E-state index in [1.807, 2.05) is 12.1 Å². The van der Waals surface area contributed by atoms with Gasteiger partial charge in [-0.2, -0.15) is 0 Å². The van der Waals surface area contributed by atoms with Gasteiger partial charge in [-0.05, 0) is 39.0 Å². The summed E-state index contributed by atoms with van der Waals surface area (Å²) >= 11 is 3.44. The molecule has 1 aromatic carbocycles. The first-order valence-electron chi connectivity index (χ1n) is 7.35. The van der Waals surface area contributed by atoms with Crippen molar-refractivity contribution in [3.63, 3.8) is 0 Å². The average Bonchev–Trinajstić information content (AvgIpc) is 2.42. The smallest absolute Gasteiger partial charge is 0.172 e. The predicted molar refractivity (Wildman–Crippen MR) is 89.0 cm³/mol. The third kappa shape index (κ3) is 3.71. The maximum Gasteiger partial charge on any atom is 0.172 e. The molecule has 0 unspecified atom stereocenters. The summed E-state index contributed by atoms with van der Waals surface area (Å²) < 4.78 is 5.99. The Bertz CT molecular complexity index is 494. The van der Waals surface area contributed by atoms with Gasteiger partial charge in [-0.15, -0.1) is 0 Å². The lowest BCUT2D eigenvalue weighted by Gasteiger charge is -2.42. The highest BCUT2D eigenvalue weighted by Gasteiger charge is 2.33. The van der Waals surface area contributed by atoms with Gasteiger partial charge in [0.25, 0.3) is 0 Å². The number of hydrogen-bond acceptors (Lipinski definition) is 4. The number of piperazine rings is 1. The van der Waals surface area contributed by atoms with Gasteiger partial charge in [0.15, 0.2) is 11.5 Å². The number of nitrogens with zero attached hydrogens (tertiary/aromatic N) is 1. The normalized spacial score (nSPS) is 18.5. The summed E-state index contributed by atoms with van der Waals surface area (Å²) in [5.41, 5.74) is 1.27.